The summed E-state index contributed by atoms with van der Waals surface area (Å²) in [5.41, 5.74) is 6.13. The number of anilines is 1. The molecule has 0 radical (unpaired) electrons. The van der Waals surface area contributed by atoms with Crippen LogP contribution < -0.4 is 14.8 Å². The number of ether oxygens (including phenoxy) is 2. The van der Waals surface area contributed by atoms with Crippen molar-refractivity contribution in [3.05, 3.63) is 77.9 Å². The van der Waals surface area contributed by atoms with E-state index in [1.807, 2.05) is 80.6 Å². The van der Waals surface area contributed by atoms with Gasteiger partial charge < -0.3 is 14.8 Å². The third kappa shape index (κ3) is 6.20. The van der Waals surface area contributed by atoms with Gasteiger partial charge in [0.25, 0.3) is 0 Å². The van der Waals surface area contributed by atoms with Gasteiger partial charge >= 0.3 is 0 Å². The Morgan fingerprint density at radius 1 is 0.833 bits per heavy atom. The van der Waals surface area contributed by atoms with Crippen LogP contribution in [0.3, 0.4) is 0 Å². The predicted octanol–water partition coefficient (Wildman–Crippen LogP) is 5.96. The van der Waals surface area contributed by atoms with Gasteiger partial charge in [0.2, 0.25) is 11.1 Å². The number of carbonyl (C=O) groups excluding carboxylic acids is 1. The molecule has 1 N–H and O–H groups in total. The molecule has 0 bridgehead atoms. The minimum Gasteiger partial charge on any atom is -0.497 e. The van der Waals surface area contributed by atoms with Gasteiger partial charge in [-0.25, -0.2) is 4.98 Å². The molecule has 36 heavy (non-hydrogen) atoms. The molecule has 4 rings (SSSR count). The molecule has 0 fully saturated rings. The van der Waals surface area contributed by atoms with E-state index in [0.717, 1.165) is 39.4 Å². The van der Waals surface area contributed by atoms with Crippen LogP contribution in [-0.4, -0.2) is 41.1 Å². The standard InChI is InChI=1S/C28H28N4O3S/c1-18-5-6-19(2)24(17-18)29-25(33)15-16-36-28-30-26(20-7-11-22(34-3)12-8-20)27(31-32-28)21-9-13-23(35-4)14-10-21/h5-14,17H,15-16H2,1-4H3,(H,29,33). The van der Waals surface area contributed by atoms with Crippen molar-refractivity contribution in [2.75, 3.05) is 25.3 Å². The molecule has 0 saturated carbocycles. The quantitative estimate of drug-likeness (QED) is 0.284. The number of nitrogens with zero attached hydrogens (tertiary/aromatic N) is 3. The molecule has 7 nitrogen and oxygen atoms in total. The zero-order valence-electron chi connectivity index (χ0n) is 20.7. The van der Waals surface area contributed by atoms with Gasteiger partial charge in [-0.3, -0.25) is 4.79 Å². The van der Waals surface area contributed by atoms with Crippen LogP contribution in [0.4, 0.5) is 5.69 Å². The minimum atomic E-state index is -0.0469. The second-order valence-electron chi connectivity index (χ2n) is 8.21. The van der Waals surface area contributed by atoms with E-state index < -0.39 is 0 Å². The summed E-state index contributed by atoms with van der Waals surface area (Å²) in [7, 11) is 3.27. The molecule has 1 aromatic heterocycles. The Morgan fingerprint density at radius 2 is 1.44 bits per heavy atom. The van der Waals surface area contributed by atoms with E-state index in [-0.39, 0.29) is 5.91 Å². The molecule has 8 heteroatoms. The summed E-state index contributed by atoms with van der Waals surface area (Å²) in [6.07, 6.45) is 0.333. The number of aryl methyl sites for hydroxylation is 2. The Hall–Kier alpha value is -3.91. The van der Waals surface area contributed by atoms with Gasteiger partial charge in [0.05, 0.1) is 14.2 Å². The molecule has 184 valence electrons. The molecular weight excluding hydrogens is 472 g/mol. The van der Waals surface area contributed by atoms with E-state index in [9.17, 15) is 4.79 Å². The first-order chi connectivity index (χ1) is 17.5. The number of hydrogen-bond acceptors (Lipinski definition) is 7. The molecule has 0 atom stereocenters. The molecule has 0 spiro atoms. The average molecular weight is 501 g/mol. The van der Waals surface area contributed by atoms with E-state index in [4.69, 9.17) is 14.5 Å². The normalized spacial score (nSPS) is 10.7. The zero-order chi connectivity index (χ0) is 25.5. The average Bonchev–Trinajstić information content (AvgIpc) is 2.91. The number of methoxy groups -OCH3 is 2. The maximum Gasteiger partial charge on any atom is 0.225 e. The first-order valence-electron chi connectivity index (χ1n) is 11.5. The van der Waals surface area contributed by atoms with Crippen molar-refractivity contribution in [1.82, 2.24) is 15.2 Å². The Balaban J connectivity index is 1.52. The Bertz CT molecular complexity index is 1340. The fourth-order valence-electron chi connectivity index (χ4n) is 3.58. The van der Waals surface area contributed by atoms with E-state index in [2.05, 4.69) is 15.5 Å². The van der Waals surface area contributed by atoms with Crippen LogP contribution in [0.2, 0.25) is 0 Å². The maximum absolute atomic E-state index is 12.5. The Morgan fingerprint density at radius 3 is 2.06 bits per heavy atom. The van der Waals surface area contributed by atoms with Crippen molar-refractivity contribution in [3.63, 3.8) is 0 Å². The summed E-state index contributed by atoms with van der Waals surface area (Å²) >= 11 is 1.40. The lowest BCUT2D eigenvalue weighted by Gasteiger charge is -2.11. The highest BCUT2D eigenvalue weighted by molar-refractivity contribution is 7.99. The number of hydrogen-bond donors (Lipinski definition) is 1. The van der Waals surface area contributed by atoms with Crippen molar-refractivity contribution in [2.45, 2.75) is 25.4 Å². The molecule has 0 aliphatic heterocycles. The topological polar surface area (TPSA) is 86.2 Å². The zero-order valence-corrected chi connectivity index (χ0v) is 21.6. The Kier molecular flexibility index (Phi) is 8.17. The van der Waals surface area contributed by atoms with Gasteiger partial charge in [0.15, 0.2) is 0 Å². The first-order valence-corrected chi connectivity index (χ1v) is 12.5. The summed E-state index contributed by atoms with van der Waals surface area (Å²) in [5.74, 6) is 2.00. The molecular formula is C28H28N4O3S. The second kappa shape index (κ2) is 11.7. The van der Waals surface area contributed by atoms with Gasteiger partial charge in [-0.1, -0.05) is 23.9 Å². The largest absolute Gasteiger partial charge is 0.497 e. The fraction of sp³-hybridized carbons (Fsp3) is 0.214. The van der Waals surface area contributed by atoms with Crippen molar-refractivity contribution in [1.29, 1.82) is 0 Å². The lowest BCUT2D eigenvalue weighted by atomic mass is 10.0. The van der Waals surface area contributed by atoms with Crippen molar-refractivity contribution in [2.24, 2.45) is 0 Å². The van der Waals surface area contributed by atoms with Crippen LogP contribution in [0.1, 0.15) is 17.5 Å². The fourth-order valence-corrected chi connectivity index (χ4v) is 4.31. The number of benzene rings is 3. The maximum atomic E-state index is 12.5. The lowest BCUT2D eigenvalue weighted by molar-refractivity contribution is -0.115. The molecule has 1 amide bonds. The van der Waals surface area contributed by atoms with Gasteiger partial charge in [0.1, 0.15) is 22.9 Å². The number of nitrogens with one attached hydrogen (secondary N) is 1. The minimum absolute atomic E-state index is 0.0469. The number of amides is 1. The predicted molar refractivity (Wildman–Crippen MR) is 144 cm³/mol. The van der Waals surface area contributed by atoms with E-state index in [1.54, 1.807) is 14.2 Å². The highest BCUT2D eigenvalue weighted by atomic mass is 32.2. The van der Waals surface area contributed by atoms with E-state index in [1.165, 1.54) is 11.8 Å². The Labute approximate surface area is 215 Å². The van der Waals surface area contributed by atoms with Crippen LogP contribution in [-0.2, 0) is 4.79 Å². The molecule has 4 aromatic rings. The number of aromatic nitrogens is 3. The molecule has 3 aromatic carbocycles. The van der Waals surface area contributed by atoms with E-state index >= 15 is 0 Å². The van der Waals surface area contributed by atoms with Gasteiger partial charge in [-0.15, -0.1) is 10.2 Å². The molecule has 0 saturated heterocycles. The summed E-state index contributed by atoms with van der Waals surface area (Å²) in [6, 6.07) is 21.3. The number of carbonyl (C=O) groups is 1. The lowest BCUT2D eigenvalue weighted by Crippen LogP contribution is -2.13. The third-order valence-corrected chi connectivity index (χ3v) is 6.46. The summed E-state index contributed by atoms with van der Waals surface area (Å²) < 4.78 is 10.6. The highest BCUT2D eigenvalue weighted by Crippen LogP contribution is 2.32. The SMILES string of the molecule is COc1ccc(-c2nnc(SCCC(=O)Nc3cc(C)ccc3C)nc2-c2ccc(OC)cc2)cc1. The monoisotopic (exact) mass is 500 g/mol. The van der Waals surface area contributed by atoms with Crippen LogP contribution in [0, 0.1) is 13.8 Å². The van der Waals surface area contributed by atoms with Crippen LogP contribution >= 0.6 is 11.8 Å². The molecule has 1 heterocycles. The molecule has 0 unspecified atom stereocenters. The van der Waals surface area contributed by atoms with Crippen LogP contribution in [0.25, 0.3) is 22.5 Å². The van der Waals surface area contributed by atoms with Crippen LogP contribution in [0.5, 0.6) is 11.5 Å². The second-order valence-corrected chi connectivity index (χ2v) is 9.28. The van der Waals surface area contributed by atoms with Crippen molar-refractivity contribution >= 4 is 23.4 Å². The number of rotatable bonds is 9. The smallest absolute Gasteiger partial charge is 0.225 e. The van der Waals surface area contributed by atoms with Gasteiger partial charge in [-0.05, 0) is 79.6 Å². The summed E-state index contributed by atoms with van der Waals surface area (Å²) in [6.45, 7) is 3.99. The van der Waals surface area contributed by atoms with Crippen molar-refractivity contribution < 1.29 is 14.3 Å². The van der Waals surface area contributed by atoms with Gasteiger partial charge in [-0.2, -0.15) is 0 Å². The highest BCUT2D eigenvalue weighted by Gasteiger charge is 2.15. The van der Waals surface area contributed by atoms with Crippen LogP contribution in [0.15, 0.2) is 71.9 Å². The van der Waals surface area contributed by atoms with Crippen molar-refractivity contribution in [3.8, 4) is 34.0 Å². The van der Waals surface area contributed by atoms with E-state index in [0.29, 0.717) is 28.7 Å². The molecule has 0 aliphatic rings. The van der Waals surface area contributed by atoms with Gasteiger partial charge in [0, 0.05) is 29.0 Å². The third-order valence-electron chi connectivity index (χ3n) is 5.62. The summed E-state index contributed by atoms with van der Waals surface area (Å²) in [4.78, 5) is 17.3. The number of thioether (sulfide) groups is 1. The summed E-state index contributed by atoms with van der Waals surface area (Å²) in [5, 5.41) is 12.3. The molecule has 0 aliphatic carbocycles. The first kappa shape index (κ1) is 25.2.